The number of benzene rings is 1. The number of nitrogens with one attached hydrogen (secondary N) is 2. The lowest BCUT2D eigenvalue weighted by Gasteiger charge is -2.56. The lowest BCUT2D eigenvalue weighted by Crippen LogP contribution is -2.60. The van der Waals surface area contributed by atoms with Gasteiger partial charge in [0, 0.05) is 49.0 Å². The van der Waals surface area contributed by atoms with Crippen LogP contribution in [0.25, 0.3) is 0 Å². The number of hydrogen-bond donors (Lipinski definition) is 2. The minimum absolute atomic E-state index is 0.0322. The van der Waals surface area contributed by atoms with Crippen LogP contribution in [-0.2, 0) is 4.79 Å². The molecule has 0 spiro atoms. The van der Waals surface area contributed by atoms with E-state index in [-0.39, 0.29) is 17.5 Å². The Morgan fingerprint density at radius 3 is 1.97 bits per heavy atom. The van der Waals surface area contributed by atoms with Crippen LogP contribution in [0.5, 0.6) is 0 Å². The summed E-state index contributed by atoms with van der Waals surface area (Å²) in [6, 6.07) is 8.10. The van der Waals surface area contributed by atoms with Gasteiger partial charge in [0.2, 0.25) is 5.91 Å². The van der Waals surface area contributed by atoms with E-state index in [2.05, 4.69) is 41.5 Å². The van der Waals surface area contributed by atoms with Crippen molar-refractivity contribution in [3.05, 3.63) is 24.3 Å². The summed E-state index contributed by atoms with van der Waals surface area (Å²) in [5, 5.41) is 6.46. The average molecular weight is 453 g/mol. The number of hydrogen-bond acceptors (Lipinski definition) is 3. The van der Waals surface area contributed by atoms with Crippen molar-refractivity contribution >= 4 is 23.3 Å². The smallest absolute Gasteiger partial charge is 0.319 e. The first-order valence-electron chi connectivity index (χ1n) is 13.2. The molecule has 1 aliphatic heterocycles. The summed E-state index contributed by atoms with van der Waals surface area (Å²) in [5.41, 5.74) is 2.02. The molecule has 1 saturated heterocycles. The van der Waals surface area contributed by atoms with Crippen molar-refractivity contribution in [2.45, 2.75) is 70.8 Å². The highest BCUT2D eigenvalue weighted by Crippen LogP contribution is 2.55. The van der Waals surface area contributed by atoms with Gasteiger partial charge in [-0.2, -0.15) is 0 Å². The first kappa shape index (κ1) is 22.5. The zero-order chi connectivity index (χ0) is 23.0. The van der Waals surface area contributed by atoms with E-state index in [4.69, 9.17) is 0 Å². The van der Waals surface area contributed by atoms with Crippen LogP contribution in [0.3, 0.4) is 0 Å². The quantitative estimate of drug-likeness (QED) is 0.648. The lowest BCUT2D eigenvalue weighted by atomic mass is 9.53. The molecular formula is C27H40N4O2. The molecule has 6 nitrogen and oxygen atoms in total. The normalized spacial score (nSPS) is 30.6. The Bertz CT molecular complexity index is 820. The minimum atomic E-state index is -0.0572. The van der Waals surface area contributed by atoms with Crippen LogP contribution in [0.4, 0.5) is 16.2 Å². The van der Waals surface area contributed by atoms with Crippen LogP contribution >= 0.6 is 0 Å². The molecule has 0 radical (unpaired) electrons. The van der Waals surface area contributed by atoms with Crippen LogP contribution in [0.2, 0.25) is 0 Å². The van der Waals surface area contributed by atoms with Gasteiger partial charge in [0.05, 0.1) is 0 Å². The number of nitrogens with zero attached hydrogens (tertiary/aromatic N) is 2. The highest BCUT2D eigenvalue weighted by molar-refractivity contribution is 5.90. The fourth-order valence-electron chi connectivity index (χ4n) is 7.50. The molecule has 3 amide bonds. The Morgan fingerprint density at radius 2 is 1.45 bits per heavy atom. The van der Waals surface area contributed by atoms with Crippen molar-refractivity contribution in [2.24, 2.45) is 23.7 Å². The van der Waals surface area contributed by atoms with Gasteiger partial charge in [-0.1, -0.05) is 13.8 Å². The summed E-state index contributed by atoms with van der Waals surface area (Å²) in [6.45, 7) is 7.46. The molecule has 1 aromatic rings. The third kappa shape index (κ3) is 4.71. The molecule has 2 N–H and O–H groups in total. The van der Waals surface area contributed by atoms with Gasteiger partial charge in [0.1, 0.15) is 0 Å². The van der Waals surface area contributed by atoms with E-state index < -0.39 is 0 Å². The number of anilines is 2. The topological polar surface area (TPSA) is 64.7 Å². The molecule has 6 rings (SSSR count). The molecule has 0 unspecified atom stereocenters. The van der Waals surface area contributed by atoms with E-state index in [1.54, 1.807) is 0 Å². The first-order valence-corrected chi connectivity index (χ1v) is 13.2. The standard InChI is InChI=1S/C27H40N4O2/c1-3-22(4-2)25(32)31-11-9-30(10-12-31)24-7-5-23(6-8-24)28-26(33)29-27-16-19-13-20(17-27)15-21(14-19)18-27/h5-8,19-22H,3-4,9-18H2,1-2H3,(H2,28,29,33). The molecule has 33 heavy (non-hydrogen) atoms. The molecule has 4 bridgehead atoms. The molecule has 5 fully saturated rings. The zero-order valence-corrected chi connectivity index (χ0v) is 20.3. The van der Waals surface area contributed by atoms with Crippen LogP contribution in [0.15, 0.2) is 24.3 Å². The number of piperazine rings is 1. The van der Waals surface area contributed by atoms with E-state index in [9.17, 15) is 9.59 Å². The molecule has 4 aliphatic carbocycles. The molecule has 6 heteroatoms. The van der Waals surface area contributed by atoms with Gasteiger partial charge in [-0.05, 0) is 93.4 Å². The van der Waals surface area contributed by atoms with E-state index in [1.165, 1.54) is 19.3 Å². The number of carbonyl (C=O) groups excluding carboxylic acids is 2. The molecule has 5 aliphatic rings. The van der Waals surface area contributed by atoms with Gasteiger partial charge in [-0.25, -0.2) is 4.79 Å². The Labute approximate surface area is 198 Å². The number of urea groups is 1. The highest BCUT2D eigenvalue weighted by atomic mass is 16.2. The monoisotopic (exact) mass is 452 g/mol. The van der Waals surface area contributed by atoms with E-state index in [1.807, 2.05) is 17.0 Å². The Kier molecular flexibility index (Phi) is 6.28. The van der Waals surface area contributed by atoms with Crippen molar-refractivity contribution < 1.29 is 9.59 Å². The summed E-state index contributed by atoms with van der Waals surface area (Å²) in [4.78, 5) is 29.8. The van der Waals surface area contributed by atoms with E-state index >= 15 is 0 Å². The predicted molar refractivity (Wildman–Crippen MR) is 132 cm³/mol. The maximum atomic E-state index is 12.8. The SMILES string of the molecule is CCC(CC)C(=O)N1CCN(c2ccc(NC(=O)NC34CC5CC(CC(C5)C3)C4)cc2)CC1. The summed E-state index contributed by atoms with van der Waals surface area (Å²) < 4.78 is 0. The number of rotatable bonds is 6. The zero-order valence-electron chi connectivity index (χ0n) is 20.3. The minimum Gasteiger partial charge on any atom is -0.368 e. The molecule has 1 heterocycles. The fraction of sp³-hybridized carbons (Fsp3) is 0.704. The van der Waals surface area contributed by atoms with Crippen molar-refractivity contribution in [2.75, 3.05) is 36.4 Å². The Hall–Kier alpha value is -2.24. The molecular weight excluding hydrogens is 412 g/mol. The van der Waals surface area contributed by atoms with Crippen LogP contribution in [0.1, 0.15) is 65.2 Å². The fourth-order valence-corrected chi connectivity index (χ4v) is 7.50. The summed E-state index contributed by atoms with van der Waals surface area (Å²) in [7, 11) is 0. The predicted octanol–water partition coefficient (Wildman–Crippen LogP) is 4.86. The van der Waals surface area contributed by atoms with Crippen molar-refractivity contribution in [1.82, 2.24) is 10.2 Å². The van der Waals surface area contributed by atoms with Crippen molar-refractivity contribution in [3.8, 4) is 0 Å². The second kappa shape index (κ2) is 9.19. The second-order valence-electron chi connectivity index (χ2n) is 11.1. The van der Waals surface area contributed by atoms with Crippen LogP contribution in [0, 0.1) is 23.7 Å². The van der Waals surface area contributed by atoms with Gasteiger partial charge in [-0.15, -0.1) is 0 Å². The average Bonchev–Trinajstić information content (AvgIpc) is 2.79. The van der Waals surface area contributed by atoms with Crippen molar-refractivity contribution in [3.63, 3.8) is 0 Å². The summed E-state index contributed by atoms with van der Waals surface area (Å²) in [5.74, 6) is 2.93. The number of carbonyl (C=O) groups is 2. The summed E-state index contributed by atoms with van der Waals surface area (Å²) >= 11 is 0. The molecule has 0 aromatic heterocycles. The summed E-state index contributed by atoms with van der Waals surface area (Å²) in [6.07, 6.45) is 9.46. The molecule has 180 valence electrons. The van der Waals surface area contributed by atoms with Gasteiger partial charge >= 0.3 is 6.03 Å². The molecule has 0 atom stereocenters. The van der Waals surface area contributed by atoms with E-state index in [0.29, 0.717) is 5.91 Å². The van der Waals surface area contributed by atoms with Gasteiger partial charge in [0.25, 0.3) is 0 Å². The lowest BCUT2D eigenvalue weighted by molar-refractivity contribution is -0.136. The van der Waals surface area contributed by atoms with Gasteiger partial charge in [0.15, 0.2) is 0 Å². The largest absolute Gasteiger partial charge is 0.368 e. The third-order valence-electron chi connectivity index (χ3n) is 8.83. The Morgan fingerprint density at radius 1 is 0.909 bits per heavy atom. The number of amides is 3. The van der Waals surface area contributed by atoms with E-state index in [0.717, 1.165) is 87.4 Å². The maximum absolute atomic E-state index is 12.8. The van der Waals surface area contributed by atoms with Crippen LogP contribution in [-0.4, -0.2) is 48.6 Å². The maximum Gasteiger partial charge on any atom is 0.319 e. The highest BCUT2D eigenvalue weighted by Gasteiger charge is 2.51. The van der Waals surface area contributed by atoms with Gasteiger partial charge < -0.3 is 20.4 Å². The van der Waals surface area contributed by atoms with Gasteiger partial charge in [-0.3, -0.25) is 4.79 Å². The first-order chi connectivity index (χ1) is 16.0. The second-order valence-corrected chi connectivity index (χ2v) is 11.1. The molecule has 4 saturated carbocycles. The van der Waals surface area contributed by atoms with Crippen LogP contribution < -0.4 is 15.5 Å². The van der Waals surface area contributed by atoms with Crippen molar-refractivity contribution in [1.29, 1.82) is 0 Å². The Balaban J connectivity index is 1.12. The third-order valence-corrected chi connectivity index (χ3v) is 8.83. The molecule has 1 aromatic carbocycles.